The van der Waals surface area contributed by atoms with E-state index < -0.39 is 0 Å². The molecule has 1 N–H and O–H groups in total. The lowest BCUT2D eigenvalue weighted by molar-refractivity contribution is 0.319. The van der Waals surface area contributed by atoms with Crippen molar-refractivity contribution in [2.24, 2.45) is 5.10 Å². The highest BCUT2D eigenvalue weighted by molar-refractivity contribution is 6.32. The minimum atomic E-state index is -0.267. The van der Waals surface area contributed by atoms with E-state index in [1.165, 1.54) is 0 Å². The van der Waals surface area contributed by atoms with Gasteiger partial charge in [-0.1, -0.05) is 24.6 Å². The van der Waals surface area contributed by atoms with Gasteiger partial charge in [-0.15, -0.1) is 0 Å². The zero-order valence-corrected chi connectivity index (χ0v) is 10.5. The molecule has 92 valence electrons. The van der Waals surface area contributed by atoms with Crippen molar-refractivity contribution in [2.75, 3.05) is 12.0 Å². The van der Waals surface area contributed by atoms with Crippen LogP contribution in [-0.4, -0.2) is 12.3 Å². The number of hydrogen-bond acceptors (Lipinski definition) is 5. The first-order chi connectivity index (χ1) is 8.72. The largest absolute Gasteiger partial charge is 0.490 e. The smallest absolute Gasteiger partial charge is 0.237 e. The lowest BCUT2D eigenvalue weighted by Gasteiger charge is -2.11. The number of para-hydroxylation sites is 1. The summed E-state index contributed by atoms with van der Waals surface area (Å²) in [4.78, 5) is 0. The van der Waals surface area contributed by atoms with Crippen LogP contribution in [0.3, 0.4) is 0 Å². The highest BCUT2D eigenvalue weighted by Crippen LogP contribution is 2.32. The quantitative estimate of drug-likeness (QED) is 0.653. The number of hydrazone groups is 1. The van der Waals surface area contributed by atoms with Crippen molar-refractivity contribution in [3.63, 3.8) is 0 Å². The Labute approximate surface area is 110 Å². The summed E-state index contributed by atoms with van der Waals surface area (Å²) < 4.78 is 5.49. The topological polar surface area (TPSA) is 81.2 Å². The lowest BCUT2D eigenvalue weighted by Crippen LogP contribution is -2.01. The molecule has 0 radical (unpaired) electrons. The second-order valence-corrected chi connectivity index (χ2v) is 3.67. The van der Waals surface area contributed by atoms with Crippen LogP contribution in [0.2, 0.25) is 5.02 Å². The van der Waals surface area contributed by atoms with Gasteiger partial charge in [0.1, 0.15) is 12.1 Å². The van der Waals surface area contributed by atoms with Crippen molar-refractivity contribution >= 4 is 23.0 Å². The van der Waals surface area contributed by atoms with Crippen LogP contribution in [0.5, 0.6) is 5.75 Å². The molecule has 6 heteroatoms. The van der Waals surface area contributed by atoms with Crippen molar-refractivity contribution in [3.05, 3.63) is 23.2 Å². The van der Waals surface area contributed by atoms with Crippen LogP contribution >= 0.6 is 11.6 Å². The SMILES string of the molecule is CCCOc1c(Cl)cccc1NN=C(C#N)C#N. The summed E-state index contributed by atoms with van der Waals surface area (Å²) in [6.45, 7) is 2.50. The van der Waals surface area contributed by atoms with Gasteiger partial charge in [-0.3, -0.25) is 5.43 Å². The molecule has 18 heavy (non-hydrogen) atoms. The van der Waals surface area contributed by atoms with E-state index in [0.29, 0.717) is 23.1 Å². The Morgan fingerprint density at radius 2 is 2.17 bits per heavy atom. The summed E-state index contributed by atoms with van der Waals surface area (Å²) in [7, 11) is 0. The molecule has 0 aliphatic rings. The number of rotatable bonds is 5. The van der Waals surface area contributed by atoms with Gasteiger partial charge in [0.05, 0.1) is 17.3 Å². The van der Waals surface area contributed by atoms with Gasteiger partial charge in [-0.25, -0.2) is 0 Å². The van der Waals surface area contributed by atoms with Crippen LogP contribution in [0.1, 0.15) is 13.3 Å². The third-order valence-electron chi connectivity index (χ3n) is 1.92. The van der Waals surface area contributed by atoms with E-state index in [1.807, 2.05) is 6.92 Å². The molecule has 5 nitrogen and oxygen atoms in total. The van der Waals surface area contributed by atoms with Gasteiger partial charge in [-0.05, 0) is 18.6 Å². The minimum absolute atomic E-state index is 0.267. The van der Waals surface area contributed by atoms with Gasteiger partial charge >= 0.3 is 0 Å². The molecule has 0 aliphatic heterocycles. The van der Waals surface area contributed by atoms with Crippen molar-refractivity contribution in [1.82, 2.24) is 0 Å². The fourth-order valence-corrected chi connectivity index (χ4v) is 1.37. The van der Waals surface area contributed by atoms with Crippen LogP contribution in [0.25, 0.3) is 0 Å². The van der Waals surface area contributed by atoms with E-state index in [2.05, 4.69) is 10.5 Å². The van der Waals surface area contributed by atoms with Crippen LogP contribution in [0, 0.1) is 22.7 Å². The number of ether oxygens (including phenoxy) is 1. The third-order valence-corrected chi connectivity index (χ3v) is 2.22. The van der Waals surface area contributed by atoms with Crippen molar-refractivity contribution in [2.45, 2.75) is 13.3 Å². The predicted molar refractivity (Wildman–Crippen MR) is 69.5 cm³/mol. The second kappa shape index (κ2) is 7.16. The van der Waals surface area contributed by atoms with Crippen molar-refractivity contribution in [3.8, 4) is 17.9 Å². The summed E-state index contributed by atoms with van der Waals surface area (Å²) in [5.41, 5.74) is 2.84. The Kier molecular flexibility index (Phi) is 5.50. The van der Waals surface area contributed by atoms with Crippen molar-refractivity contribution in [1.29, 1.82) is 10.5 Å². The number of nitrogens with one attached hydrogen (secondary N) is 1. The predicted octanol–water partition coefficient (Wildman–Crippen LogP) is 2.94. The molecular formula is C12H11ClN4O. The molecule has 0 saturated heterocycles. The molecular weight excluding hydrogens is 252 g/mol. The van der Waals surface area contributed by atoms with E-state index in [1.54, 1.807) is 30.3 Å². The number of hydrogen-bond donors (Lipinski definition) is 1. The van der Waals surface area contributed by atoms with Crippen LogP contribution in [0.4, 0.5) is 5.69 Å². The number of anilines is 1. The Bertz CT molecular complexity index is 512. The number of benzene rings is 1. The zero-order chi connectivity index (χ0) is 13.4. The molecule has 1 aromatic carbocycles. The molecule has 1 aromatic rings. The summed E-state index contributed by atoms with van der Waals surface area (Å²) in [5.74, 6) is 0.458. The first kappa shape index (κ1) is 13.8. The van der Waals surface area contributed by atoms with Gasteiger partial charge in [-0.2, -0.15) is 15.6 Å². The highest BCUT2D eigenvalue weighted by Gasteiger charge is 2.08. The number of nitrogens with zero attached hydrogens (tertiary/aromatic N) is 3. The molecule has 0 fully saturated rings. The van der Waals surface area contributed by atoms with E-state index in [-0.39, 0.29) is 5.71 Å². The molecule has 0 saturated carbocycles. The molecule has 0 atom stereocenters. The van der Waals surface area contributed by atoms with Gasteiger partial charge in [0.15, 0.2) is 5.75 Å². The summed E-state index contributed by atoms with van der Waals surface area (Å²) in [6.07, 6.45) is 0.843. The van der Waals surface area contributed by atoms with E-state index in [4.69, 9.17) is 26.9 Å². The van der Waals surface area contributed by atoms with Crippen LogP contribution in [-0.2, 0) is 0 Å². The van der Waals surface area contributed by atoms with Crippen molar-refractivity contribution < 1.29 is 4.74 Å². The Morgan fingerprint density at radius 3 is 2.78 bits per heavy atom. The van der Waals surface area contributed by atoms with Gasteiger partial charge in [0.2, 0.25) is 5.71 Å². The molecule has 0 aliphatic carbocycles. The molecule has 1 rings (SSSR count). The number of nitriles is 2. The maximum atomic E-state index is 8.57. The monoisotopic (exact) mass is 262 g/mol. The van der Waals surface area contributed by atoms with Crippen LogP contribution in [0.15, 0.2) is 23.3 Å². The molecule has 0 aromatic heterocycles. The molecule has 0 heterocycles. The minimum Gasteiger partial charge on any atom is -0.490 e. The van der Waals surface area contributed by atoms with Gasteiger partial charge < -0.3 is 4.74 Å². The fourth-order valence-electron chi connectivity index (χ4n) is 1.14. The second-order valence-electron chi connectivity index (χ2n) is 3.26. The fraction of sp³-hybridized carbons (Fsp3) is 0.250. The maximum Gasteiger partial charge on any atom is 0.237 e. The standard InChI is InChI=1S/C12H11ClN4O/c1-2-6-18-12-10(13)4-3-5-11(12)17-16-9(7-14)8-15/h3-5,17H,2,6H2,1H3. The van der Waals surface area contributed by atoms with Gasteiger partial charge in [0.25, 0.3) is 0 Å². The van der Waals surface area contributed by atoms with Crippen LogP contribution < -0.4 is 10.2 Å². The summed E-state index contributed by atoms with van der Waals surface area (Å²) >= 11 is 6.00. The third kappa shape index (κ3) is 3.65. The number of halogens is 1. The van der Waals surface area contributed by atoms with E-state index in [0.717, 1.165) is 6.42 Å². The zero-order valence-electron chi connectivity index (χ0n) is 9.77. The lowest BCUT2D eigenvalue weighted by atomic mass is 10.3. The van der Waals surface area contributed by atoms with E-state index in [9.17, 15) is 0 Å². The summed E-state index contributed by atoms with van der Waals surface area (Å²) in [5, 5.41) is 21.2. The highest BCUT2D eigenvalue weighted by atomic mass is 35.5. The normalized spacial score (nSPS) is 8.89. The Hall–Kier alpha value is -2.24. The summed E-state index contributed by atoms with van der Waals surface area (Å²) in [6, 6.07) is 8.42. The molecule has 0 bridgehead atoms. The first-order valence-electron chi connectivity index (χ1n) is 5.28. The molecule has 0 amide bonds. The Balaban J connectivity index is 2.96. The average Bonchev–Trinajstić information content (AvgIpc) is 2.39. The first-order valence-corrected chi connectivity index (χ1v) is 5.66. The van der Waals surface area contributed by atoms with Gasteiger partial charge in [0, 0.05) is 0 Å². The molecule has 0 unspecified atom stereocenters. The van der Waals surface area contributed by atoms with E-state index >= 15 is 0 Å². The molecule has 0 spiro atoms. The average molecular weight is 263 g/mol. The Morgan fingerprint density at radius 1 is 1.44 bits per heavy atom. The maximum absolute atomic E-state index is 8.57.